The number of furan rings is 1. The molecule has 1 fully saturated rings. The zero-order valence-corrected chi connectivity index (χ0v) is 13.4. The number of thiocarbonyl (C=S) groups is 1. The van der Waals surface area contributed by atoms with Crippen molar-refractivity contribution in [3.05, 3.63) is 60.1 Å². The van der Waals surface area contributed by atoms with E-state index >= 15 is 0 Å². The van der Waals surface area contributed by atoms with Gasteiger partial charge in [-0.25, -0.2) is 0 Å². The van der Waals surface area contributed by atoms with Crippen molar-refractivity contribution in [2.45, 2.75) is 13.1 Å². The first-order valence-electron chi connectivity index (χ1n) is 7.63. The molecule has 0 spiro atoms. The van der Waals surface area contributed by atoms with Crippen LogP contribution >= 0.6 is 12.2 Å². The van der Waals surface area contributed by atoms with Gasteiger partial charge in [0, 0.05) is 32.7 Å². The van der Waals surface area contributed by atoms with Gasteiger partial charge in [0.2, 0.25) is 0 Å². The van der Waals surface area contributed by atoms with E-state index < -0.39 is 0 Å². The second-order valence-corrected chi connectivity index (χ2v) is 5.87. The molecule has 1 aromatic heterocycles. The molecule has 1 aromatic carbocycles. The fourth-order valence-electron chi connectivity index (χ4n) is 2.62. The first-order valence-corrected chi connectivity index (χ1v) is 8.03. The SMILES string of the molecule is S=C(NCc1ccccc1)N1CCN(Cc2ccco2)CC1. The normalized spacial score (nSPS) is 15.7. The molecule has 0 atom stereocenters. The Kier molecular flexibility index (Phi) is 5.08. The van der Waals surface area contributed by atoms with Gasteiger partial charge >= 0.3 is 0 Å². The Morgan fingerprint density at radius 2 is 1.82 bits per heavy atom. The highest BCUT2D eigenvalue weighted by Crippen LogP contribution is 2.09. The van der Waals surface area contributed by atoms with Crippen molar-refractivity contribution in [3.8, 4) is 0 Å². The van der Waals surface area contributed by atoms with Crippen molar-refractivity contribution in [2.75, 3.05) is 26.2 Å². The molecule has 0 aliphatic carbocycles. The molecule has 1 N–H and O–H groups in total. The van der Waals surface area contributed by atoms with Gasteiger partial charge in [0.25, 0.3) is 0 Å². The molecule has 0 unspecified atom stereocenters. The van der Waals surface area contributed by atoms with Gasteiger partial charge in [0.15, 0.2) is 5.11 Å². The fraction of sp³-hybridized carbons (Fsp3) is 0.353. The monoisotopic (exact) mass is 315 g/mol. The molecule has 4 nitrogen and oxygen atoms in total. The van der Waals surface area contributed by atoms with Crippen LogP contribution in [-0.4, -0.2) is 41.1 Å². The van der Waals surface area contributed by atoms with Crippen LogP contribution < -0.4 is 5.32 Å². The van der Waals surface area contributed by atoms with Crippen molar-refractivity contribution in [1.29, 1.82) is 0 Å². The molecule has 0 amide bonds. The summed E-state index contributed by atoms with van der Waals surface area (Å²) in [6.45, 7) is 5.60. The number of rotatable bonds is 4. The predicted octanol–water partition coefficient (Wildman–Crippen LogP) is 2.47. The van der Waals surface area contributed by atoms with Gasteiger partial charge in [-0.15, -0.1) is 0 Å². The summed E-state index contributed by atoms with van der Waals surface area (Å²) >= 11 is 5.51. The summed E-state index contributed by atoms with van der Waals surface area (Å²) in [4.78, 5) is 4.64. The minimum atomic E-state index is 0.784. The van der Waals surface area contributed by atoms with Gasteiger partial charge in [-0.3, -0.25) is 4.90 Å². The van der Waals surface area contributed by atoms with E-state index in [1.807, 2.05) is 30.3 Å². The Morgan fingerprint density at radius 3 is 2.50 bits per heavy atom. The van der Waals surface area contributed by atoms with Gasteiger partial charge in [0.1, 0.15) is 5.76 Å². The molecule has 0 radical (unpaired) electrons. The molecule has 3 rings (SSSR count). The average molecular weight is 315 g/mol. The van der Waals surface area contributed by atoms with Crippen LogP contribution in [0.1, 0.15) is 11.3 Å². The molecule has 1 aliphatic heterocycles. The number of hydrogen-bond acceptors (Lipinski definition) is 3. The summed E-state index contributed by atoms with van der Waals surface area (Å²) < 4.78 is 5.40. The lowest BCUT2D eigenvalue weighted by Crippen LogP contribution is -2.51. The fourth-order valence-corrected chi connectivity index (χ4v) is 2.87. The van der Waals surface area contributed by atoms with Crippen molar-refractivity contribution < 1.29 is 4.42 Å². The van der Waals surface area contributed by atoms with Gasteiger partial charge in [-0.2, -0.15) is 0 Å². The zero-order valence-electron chi connectivity index (χ0n) is 12.6. The first kappa shape index (κ1) is 15.1. The van der Waals surface area contributed by atoms with E-state index in [1.165, 1.54) is 5.56 Å². The van der Waals surface area contributed by atoms with E-state index in [2.05, 4.69) is 27.2 Å². The minimum absolute atomic E-state index is 0.784. The van der Waals surface area contributed by atoms with E-state index in [1.54, 1.807) is 6.26 Å². The van der Waals surface area contributed by atoms with Gasteiger partial charge in [-0.05, 0) is 29.9 Å². The molecule has 1 aliphatic rings. The van der Waals surface area contributed by atoms with E-state index in [0.717, 1.165) is 50.1 Å². The number of nitrogens with zero attached hydrogens (tertiary/aromatic N) is 2. The van der Waals surface area contributed by atoms with Crippen molar-refractivity contribution in [3.63, 3.8) is 0 Å². The standard InChI is InChI=1S/C17H21N3OS/c22-17(18-13-15-5-2-1-3-6-15)20-10-8-19(9-11-20)14-16-7-4-12-21-16/h1-7,12H,8-11,13-14H2,(H,18,22). The van der Waals surface area contributed by atoms with Crippen LogP contribution in [0.25, 0.3) is 0 Å². The van der Waals surface area contributed by atoms with Crippen molar-refractivity contribution in [1.82, 2.24) is 15.1 Å². The Labute approximate surface area is 136 Å². The van der Waals surface area contributed by atoms with Crippen LogP contribution in [-0.2, 0) is 13.1 Å². The van der Waals surface area contributed by atoms with Crippen LogP contribution in [0.5, 0.6) is 0 Å². The second-order valence-electron chi connectivity index (χ2n) is 5.49. The maximum absolute atomic E-state index is 5.51. The molecular weight excluding hydrogens is 294 g/mol. The molecule has 2 aromatic rings. The lowest BCUT2D eigenvalue weighted by Gasteiger charge is -2.35. The lowest BCUT2D eigenvalue weighted by molar-refractivity contribution is 0.164. The molecule has 116 valence electrons. The molecule has 0 saturated carbocycles. The van der Waals surface area contributed by atoms with Crippen LogP contribution in [0.4, 0.5) is 0 Å². The summed E-state index contributed by atoms with van der Waals surface area (Å²) in [5.41, 5.74) is 1.25. The maximum atomic E-state index is 5.51. The average Bonchev–Trinajstić information content (AvgIpc) is 3.07. The zero-order chi connectivity index (χ0) is 15.2. The van der Waals surface area contributed by atoms with Gasteiger partial charge < -0.3 is 14.6 Å². The molecule has 5 heteroatoms. The number of nitrogens with one attached hydrogen (secondary N) is 1. The smallest absolute Gasteiger partial charge is 0.169 e. The lowest BCUT2D eigenvalue weighted by atomic mass is 10.2. The van der Waals surface area contributed by atoms with E-state index in [-0.39, 0.29) is 0 Å². The molecule has 2 heterocycles. The maximum Gasteiger partial charge on any atom is 0.169 e. The van der Waals surface area contributed by atoms with Gasteiger partial charge in [-0.1, -0.05) is 30.3 Å². The summed E-state index contributed by atoms with van der Waals surface area (Å²) in [5, 5.41) is 4.20. The van der Waals surface area contributed by atoms with Crippen LogP contribution in [0, 0.1) is 0 Å². The highest BCUT2D eigenvalue weighted by atomic mass is 32.1. The molecule has 22 heavy (non-hydrogen) atoms. The molecule has 1 saturated heterocycles. The summed E-state index contributed by atoms with van der Waals surface area (Å²) in [5.74, 6) is 1.03. The van der Waals surface area contributed by atoms with Crippen LogP contribution in [0.2, 0.25) is 0 Å². The third kappa shape index (κ3) is 4.08. The van der Waals surface area contributed by atoms with E-state index in [9.17, 15) is 0 Å². The predicted molar refractivity (Wildman–Crippen MR) is 91.4 cm³/mol. The molecule has 0 bridgehead atoms. The third-order valence-corrected chi connectivity index (χ3v) is 4.31. The highest BCUT2D eigenvalue weighted by molar-refractivity contribution is 7.80. The quantitative estimate of drug-likeness (QED) is 0.876. The molecular formula is C17H21N3OS. The Morgan fingerprint density at radius 1 is 1.05 bits per heavy atom. The Hall–Kier alpha value is -1.85. The topological polar surface area (TPSA) is 31.6 Å². The summed E-state index contributed by atoms with van der Waals surface area (Å²) in [7, 11) is 0. The third-order valence-electron chi connectivity index (χ3n) is 3.91. The van der Waals surface area contributed by atoms with E-state index in [4.69, 9.17) is 16.6 Å². The van der Waals surface area contributed by atoms with Crippen molar-refractivity contribution >= 4 is 17.3 Å². The van der Waals surface area contributed by atoms with Gasteiger partial charge in [0.05, 0.1) is 12.8 Å². The summed E-state index contributed by atoms with van der Waals surface area (Å²) in [6, 6.07) is 14.3. The number of hydrogen-bond donors (Lipinski definition) is 1. The second kappa shape index (κ2) is 7.42. The minimum Gasteiger partial charge on any atom is -0.468 e. The van der Waals surface area contributed by atoms with Crippen molar-refractivity contribution in [2.24, 2.45) is 0 Å². The summed E-state index contributed by atoms with van der Waals surface area (Å²) in [6.07, 6.45) is 1.73. The van der Waals surface area contributed by atoms with Crippen LogP contribution in [0.15, 0.2) is 53.1 Å². The Bertz CT molecular complexity index is 577. The number of piperazine rings is 1. The highest BCUT2D eigenvalue weighted by Gasteiger charge is 2.19. The number of benzene rings is 1. The first-order chi connectivity index (χ1) is 10.8. The van der Waals surface area contributed by atoms with E-state index in [0.29, 0.717) is 0 Å². The largest absolute Gasteiger partial charge is 0.468 e. The Balaban J connectivity index is 1.42. The van der Waals surface area contributed by atoms with Crippen LogP contribution in [0.3, 0.4) is 0 Å².